The molecule has 2 heterocycles. The molecule has 0 radical (unpaired) electrons. The van der Waals surface area contributed by atoms with Crippen LogP contribution in [-0.2, 0) is 14.3 Å². The summed E-state index contributed by atoms with van der Waals surface area (Å²) in [5, 5.41) is 10.9. The molecule has 1 aromatic heterocycles. The Kier molecular flexibility index (Phi) is 3.99. The Morgan fingerprint density at radius 2 is 2.33 bits per heavy atom. The Balaban J connectivity index is 1.59. The molecule has 1 aliphatic heterocycles. The number of amides is 1. The molecule has 114 valence electrons. The van der Waals surface area contributed by atoms with E-state index in [1.54, 1.807) is 16.2 Å². The number of hydrogen-bond acceptors (Lipinski definition) is 4. The van der Waals surface area contributed by atoms with Crippen LogP contribution in [0, 0.1) is 12.8 Å². The van der Waals surface area contributed by atoms with Crippen LogP contribution in [0.5, 0.6) is 0 Å². The normalized spacial score (nSPS) is 28.4. The van der Waals surface area contributed by atoms with E-state index in [1.165, 1.54) is 10.4 Å². The maximum Gasteiger partial charge on any atom is 0.306 e. The largest absolute Gasteiger partial charge is 0.481 e. The number of hydrogen-bond donors (Lipinski definition) is 1. The fourth-order valence-electron chi connectivity index (χ4n) is 2.99. The molecule has 1 saturated carbocycles. The van der Waals surface area contributed by atoms with Gasteiger partial charge in [0.05, 0.1) is 19.1 Å². The second kappa shape index (κ2) is 5.77. The van der Waals surface area contributed by atoms with E-state index in [9.17, 15) is 9.59 Å². The molecular weight excluding hydrogens is 290 g/mol. The summed E-state index contributed by atoms with van der Waals surface area (Å²) in [6, 6.07) is 2.09. The molecule has 3 atom stereocenters. The van der Waals surface area contributed by atoms with Crippen molar-refractivity contribution in [3.63, 3.8) is 0 Å². The van der Waals surface area contributed by atoms with Crippen LogP contribution in [-0.4, -0.2) is 47.7 Å². The molecule has 1 N–H and O–H groups in total. The van der Waals surface area contributed by atoms with Crippen molar-refractivity contribution in [3.8, 4) is 0 Å². The number of rotatable bonds is 4. The van der Waals surface area contributed by atoms with Crippen LogP contribution in [0.25, 0.3) is 0 Å². The SMILES string of the molecule is Cc1ccsc1[C@@H]1C[C@H]1C(=O)N1CCO[C@@H](CC(=O)O)C1. The first-order valence-corrected chi connectivity index (χ1v) is 8.10. The Morgan fingerprint density at radius 1 is 1.52 bits per heavy atom. The number of ether oxygens (including phenoxy) is 1. The van der Waals surface area contributed by atoms with Gasteiger partial charge in [-0.05, 0) is 30.4 Å². The number of aryl methyl sites for hydroxylation is 1. The molecule has 1 amide bonds. The first-order chi connectivity index (χ1) is 10.1. The average Bonchev–Trinajstić information content (AvgIpc) is 3.12. The number of morpholine rings is 1. The second-order valence-corrected chi connectivity index (χ2v) is 6.74. The summed E-state index contributed by atoms with van der Waals surface area (Å²) in [6.45, 7) is 3.49. The fraction of sp³-hybridized carbons (Fsp3) is 0.600. The van der Waals surface area contributed by atoms with Crippen LogP contribution in [0.2, 0.25) is 0 Å². The van der Waals surface area contributed by atoms with E-state index in [4.69, 9.17) is 9.84 Å². The van der Waals surface area contributed by atoms with Gasteiger partial charge in [0.15, 0.2) is 0 Å². The van der Waals surface area contributed by atoms with Crippen molar-refractivity contribution in [3.05, 3.63) is 21.9 Å². The summed E-state index contributed by atoms with van der Waals surface area (Å²) in [4.78, 5) is 26.4. The van der Waals surface area contributed by atoms with Crippen LogP contribution < -0.4 is 0 Å². The van der Waals surface area contributed by atoms with Gasteiger partial charge in [-0.2, -0.15) is 0 Å². The van der Waals surface area contributed by atoms with Crippen molar-refractivity contribution in [2.45, 2.75) is 31.8 Å². The van der Waals surface area contributed by atoms with E-state index < -0.39 is 5.97 Å². The third-order valence-electron chi connectivity index (χ3n) is 4.20. The average molecular weight is 309 g/mol. The molecule has 3 rings (SSSR count). The standard InChI is InChI=1S/C15H19NO4S/c1-9-2-5-21-14(9)11-7-12(11)15(19)16-3-4-20-10(8-16)6-13(17)18/h2,5,10-12H,3-4,6-8H2,1H3,(H,17,18)/t10-,11+,12+/m0/s1. The van der Waals surface area contributed by atoms with Crippen LogP contribution in [0.4, 0.5) is 0 Å². The van der Waals surface area contributed by atoms with Crippen molar-refractivity contribution in [2.24, 2.45) is 5.92 Å². The van der Waals surface area contributed by atoms with E-state index in [0.717, 1.165) is 6.42 Å². The highest BCUT2D eigenvalue weighted by Gasteiger charge is 2.47. The summed E-state index contributed by atoms with van der Waals surface area (Å²) < 4.78 is 5.41. The number of thiophene rings is 1. The topological polar surface area (TPSA) is 66.8 Å². The second-order valence-electron chi connectivity index (χ2n) is 5.79. The maximum atomic E-state index is 12.5. The number of nitrogens with zero attached hydrogens (tertiary/aromatic N) is 1. The third kappa shape index (κ3) is 3.11. The minimum Gasteiger partial charge on any atom is -0.481 e. The Morgan fingerprint density at radius 3 is 3.00 bits per heavy atom. The predicted molar refractivity (Wildman–Crippen MR) is 78.5 cm³/mol. The van der Waals surface area contributed by atoms with Gasteiger partial charge in [0, 0.05) is 29.8 Å². The van der Waals surface area contributed by atoms with Gasteiger partial charge in [0.2, 0.25) is 5.91 Å². The van der Waals surface area contributed by atoms with Crippen molar-refractivity contribution < 1.29 is 19.4 Å². The quantitative estimate of drug-likeness (QED) is 0.922. The molecule has 0 spiro atoms. The van der Waals surface area contributed by atoms with E-state index in [1.807, 2.05) is 0 Å². The summed E-state index contributed by atoms with van der Waals surface area (Å²) in [5.74, 6) is -0.288. The molecule has 5 nitrogen and oxygen atoms in total. The minimum atomic E-state index is -0.882. The van der Waals surface area contributed by atoms with Gasteiger partial charge in [-0.1, -0.05) is 0 Å². The Labute approximate surface area is 127 Å². The molecule has 1 aliphatic carbocycles. The molecule has 2 fully saturated rings. The first kappa shape index (κ1) is 14.5. The summed E-state index contributed by atoms with van der Waals surface area (Å²) in [7, 11) is 0. The molecule has 21 heavy (non-hydrogen) atoms. The summed E-state index contributed by atoms with van der Waals surface area (Å²) >= 11 is 1.72. The highest BCUT2D eigenvalue weighted by atomic mass is 32.1. The molecule has 0 unspecified atom stereocenters. The first-order valence-electron chi connectivity index (χ1n) is 7.22. The minimum absolute atomic E-state index is 0.0398. The van der Waals surface area contributed by atoms with Gasteiger partial charge >= 0.3 is 5.97 Å². The van der Waals surface area contributed by atoms with E-state index >= 15 is 0 Å². The maximum absolute atomic E-state index is 12.5. The van der Waals surface area contributed by atoms with Gasteiger partial charge in [0.1, 0.15) is 0 Å². The number of aliphatic carboxylic acids is 1. The third-order valence-corrected chi connectivity index (χ3v) is 5.35. The van der Waals surface area contributed by atoms with Crippen molar-refractivity contribution >= 4 is 23.2 Å². The zero-order valence-corrected chi connectivity index (χ0v) is 12.8. The number of carbonyl (C=O) groups excluding carboxylic acids is 1. The van der Waals surface area contributed by atoms with Gasteiger partial charge in [-0.3, -0.25) is 9.59 Å². The molecule has 1 aromatic rings. The van der Waals surface area contributed by atoms with Crippen molar-refractivity contribution in [1.29, 1.82) is 0 Å². The lowest BCUT2D eigenvalue weighted by atomic mass is 10.1. The zero-order chi connectivity index (χ0) is 15.0. The highest BCUT2D eigenvalue weighted by molar-refractivity contribution is 7.10. The number of carboxylic acid groups (broad SMARTS) is 1. The van der Waals surface area contributed by atoms with Crippen molar-refractivity contribution in [1.82, 2.24) is 4.90 Å². The summed E-state index contributed by atoms with van der Waals surface area (Å²) in [6.07, 6.45) is 0.504. The molecule has 0 aromatic carbocycles. The number of carbonyl (C=O) groups is 2. The van der Waals surface area contributed by atoms with E-state index in [2.05, 4.69) is 18.4 Å². The van der Waals surface area contributed by atoms with Crippen LogP contribution in [0.1, 0.15) is 29.2 Å². The Hall–Kier alpha value is -1.40. The lowest BCUT2D eigenvalue weighted by Gasteiger charge is -2.32. The van der Waals surface area contributed by atoms with E-state index in [-0.39, 0.29) is 24.3 Å². The van der Waals surface area contributed by atoms with Crippen LogP contribution in [0.3, 0.4) is 0 Å². The predicted octanol–water partition coefficient (Wildman–Crippen LogP) is 1.86. The van der Waals surface area contributed by atoms with Gasteiger partial charge in [0.25, 0.3) is 0 Å². The zero-order valence-electron chi connectivity index (χ0n) is 11.9. The van der Waals surface area contributed by atoms with Crippen LogP contribution in [0.15, 0.2) is 11.4 Å². The van der Waals surface area contributed by atoms with Gasteiger partial charge < -0.3 is 14.7 Å². The van der Waals surface area contributed by atoms with Crippen molar-refractivity contribution in [2.75, 3.05) is 19.7 Å². The molecule has 6 heteroatoms. The number of carboxylic acids is 1. The van der Waals surface area contributed by atoms with Gasteiger partial charge in [-0.15, -0.1) is 11.3 Å². The monoisotopic (exact) mass is 309 g/mol. The molecule has 2 aliphatic rings. The lowest BCUT2D eigenvalue weighted by Crippen LogP contribution is -2.47. The molecule has 0 bridgehead atoms. The Bertz CT molecular complexity index is 556. The molecular formula is C15H19NO4S. The summed E-state index contributed by atoms with van der Waals surface area (Å²) in [5.41, 5.74) is 1.27. The highest BCUT2D eigenvalue weighted by Crippen LogP contribution is 2.51. The van der Waals surface area contributed by atoms with E-state index in [0.29, 0.717) is 25.6 Å². The lowest BCUT2D eigenvalue weighted by molar-refractivity contribution is -0.148. The smallest absolute Gasteiger partial charge is 0.306 e. The molecule has 1 saturated heterocycles. The van der Waals surface area contributed by atoms with Crippen LogP contribution >= 0.6 is 11.3 Å². The van der Waals surface area contributed by atoms with Gasteiger partial charge in [-0.25, -0.2) is 0 Å². The fourth-order valence-corrected chi connectivity index (χ4v) is 4.10.